The van der Waals surface area contributed by atoms with Gasteiger partial charge >= 0.3 is 5.69 Å². The molecule has 0 spiro atoms. The maximum absolute atomic E-state index is 13.0. The molecular weight excluding hydrogens is 412 g/mol. The quantitative estimate of drug-likeness (QED) is 0.502. The van der Waals surface area contributed by atoms with Crippen LogP contribution in [-0.4, -0.2) is 57.4 Å². The van der Waals surface area contributed by atoms with E-state index in [1.54, 1.807) is 13.0 Å². The Balaban J connectivity index is 1.49. The standard InChI is InChI=1S/C22H30N6O4/c1-2-28-19-17(21(31)26-22(28)32)15(11-16(25-19)13-6-7-13)20(30)24-8-4-10-27-9-3-5-14(12-27)18(23)29/h11,13-14H,2-10,12H2,1H3,(H2,23,29)(H,24,30)(H,26,31,32). The van der Waals surface area contributed by atoms with Crippen LogP contribution in [0.3, 0.4) is 0 Å². The molecular formula is C22H30N6O4. The SMILES string of the molecule is CCn1c(=O)[nH]c(=O)c2c(C(=O)NCCCN3CCCC(C(N)=O)C3)cc(C3CC3)nc21. The molecule has 1 aliphatic heterocycles. The molecule has 0 radical (unpaired) electrons. The molecule has 2 aromatic heterocycles. The number of hydrogen-bond acceptors (Lipinski definition) is 6. The Morgan fingerprint density at radius 2 is 2.06 bits per heavy atom. The van der Waals surface area contributed by atoms with Crippen molar-refractivity contribution in [2.75, 3.05) is 26.2 Å². The second-order valence-corrected chi connectivity index (χ2v) is 8.72. The minimum Gasteiger partial charge on any atom is -0.369 e. The number of nitrogens with one attached hydrogen (secondary N) is 2. The fraction of sp³-hybridized carbons (Fsp3) is 0.591. The molecule has 2 aromatic rings. The van der Waals surface area contributed by atoms with Crippen LogP contribution < -0.4 is 22.3 Å². The van der Waals surface area contributed by atoms with E-state index in [9.17, 15) is 19.2 Å². The van der Waals surface area contributed by atoms with E-state index in [0.717, 1.165) is 44.5 Å². The van der Waals surface area contributed by atoms with Crippen LogP contribution in [0.4, 0.5) is 0 Å². The summed E-state index contributed by atoms with van der Waals surface area (Å²) in [4.78, 5) is 58.3. The molecule has 10 heteroatoms. The number of H-pyrrole nitrogens is 1. The molecule has 0 bridgehead atoms. The number of amides is 2. The molecule has 1 aliphatic carbocycles. The summed E-state index contributed by atoms with van der Waals surface area (Å²) in [6.45, 7) is 4.91. The molecule has 3 heterocycles. The molecule has 1 saturated heterocycles. The summed E-state index contributed by atoms with van der Waals surface area (Å²) in [7, 11) is 0. The third-order valence-corrected chi connectivity index (χ3v) is 6.37. The molecule has 2 fully saturated rings. The molecule has 1 saturated carbocycles. The van der Waals surface area contributed by atoms with Gasteiger partial charge in [-0.3, -0.25) is 23.9 Å². The van der Waals surface area contributed by atoms with E-state index in [2.05, 4.69) is 20.2 Å². The molecule has 2 aliphatic rings. The van der Waals surface area contributed by atoms with Gasteiger partial charge in [-0.1, -0.05) is 0 Å². The van der Waals surface area contributed by atoms with Gasteiger partial charge in [-0.25, -0.2) is 9.78 Å². The summed E-state index contributed by atoms with van der Waals surface area (Å²) in [5, 5.41) is 3.05. The van der Waals surface area contributed by atoms with Gasteiger partial charge in [-0.15, -0.1) is 0 Å². The maximum Gasteiger partial charge on any atom is 0.329 e. The van der Waals surface area contributed by atoms with Crippen LogP contribution in [0.2, 0.25) is 0 Å². The van der Waals surface area contributed by atoms with Gasteiger partial charge in [-0.05, 0) is 58.2 Å². The number of likely N-dealkylation sites (tertiary alicyclic amines) is 1. The number of piperidine rings is 1. The van der Waals surface area contributed by atoms with Crippen molar-refractivity contribution in [3.8, 4) is 0 Å². The van der Waals surface area contributed by atoms with Crippen molar-refractivity contribution in [1.82, 2.24) is 24.8 Å². The summed E-state index contributed by atoms with van der Waals surface area (Å²) in [6, 6.07) is 1.69. The van der Waals surface area contributed by atoms with Gasteiger partial charge in [-0.2, -0.15) is 0 Å². The summed E-state index contributed by atoms with van der Waals surface area (Å²) < 4.78 is 1.39. The fourth-order valence-corrected chi connectivity index (χ4v) is 4.44. The van der Waals surface area contributed by atoms with Crippen LogP contribution in [0.25, 0.3) is 11.0 Å². The predicted octanol–water partition coefficient (Wildman–Crippen LogP) is 0.299. The van der Waals surface area contributed by atoms with Crippen molar-refractivity contribution in [2.24, 2.45) is 11.7 Å². The molecule has 172 valence electrons. The number of hydrogen-bond donors (Lipinski definition) is 3. The highest BCUT2D eigenvalue weighted by atomic mass is 16.2. The number of pyridine rings is 1. The summed E-state index contributed by atoms with van der Waals surface area (Å²) in [6.07, 6.45) is 4.46. The fourth-order valence-electron chi connectivity index (χ4n) is 4.44. The van der Waals surface area contributed by atoms with E-state index in [-0.39, 0.29) is 40.2 Å². The number of carbonyl (C=O) groups is 2. The molecule has 2 amide bonds. The number of fused-ring (bicyclic) bond motifs is 1. The first kappa shape index (κ1) is 22.2. The van der Waals surface area contributed by atoms with Crippen molar-refractivity contribution in [3.05, 3.63) is 38.2 Å². The van der Waals surface area contributed by atoms with Gasteiger partial charge in [0.2, 0.25) is 5.91 Å². The smallest absolute Gasteiger partial charge is 0.329 e. The third-order valence-electron chi connectivity index (χ3n) is 6.37. The van der Waals surface area contributed by atoms with E-state index in [1.165, 1.54) is 4.57 Å². The molecule has 1 atom stereocenters. The van der Waals surface area contributed by atoms with Gasteiger partial charge in [0.15, 0.2) is 5.65 Å². The van der Waals surface area contributed by atoms with Gasteiger partial charge in [0.05, 0.1) is 16.9 Å². The lowest BCUT2D eigenvalue weighted by Crippen LogP contribution is -2.42. The van der Waals surface area contributed by atoms with Crippen LogP contribution in [0, 0.1) is 5.92 Å². The largest absolute Gasteiger partial charge is 0.369 e. The zero-order valence-corrected chi connectivity index (χ0v) is 18.4. The van der Waals surface area contributed by atoms with Gasteiger partial charge in [0, 0.05) is 31.2 Å². The number of aromatic nitrogens is 3. The van der Waals surface area contributed by atoms with E-state index in [4.69, 9.17) is 5.73 Å². The second kappa shape index (κ2) is 9.23. The minimum absolute atomic E-state index is 0.106. The summed E-state index contributed by atoms with van der Waals surface area (Å²) in [5.74, 6) is -0.442. The highest BCUT2D eigenvalue weighted by Gasteiger charge is 2.29. The van der Waals surface area contributed by atoms with Crippen molar-refractivity contribution in [3.63, 3.8) is 0 Å². The average molecular weight is 443 g/mol. The van der Waals surface area contributed by atoms with Crippen LogP contribution in [0.1, 0.15) is 61.0 Å². The number of primary amides is 1. The normalized spacial score (nSPS) is 19.2. The van der Waals surface area contributed by atoms with Crippen LogP contribution in [0.15, 0.2) is 15.7 Å². The van der Waals surface area contributed by atoms with E-state index in [0.29, 0.717) is 26.1 Å². The first-order valence-corrected chi connectivity index (χ1v) is 11.4. The molecule has 1 unspecified atom stereocenters. The number of carbonyl (C=O) groups excluding carboxylic acids is 2. The predicted molar refractivity (Wildman–Crippen MR) is 120 cm³/mol. The van der Waals surface area contributed by atoms with Gasteiger partial charge < -0.3 is 16.0 Å². The van der Waals surface area contributed by atoms with Gasteiger partial charge in [0.1, 0.15) is 0 Å². The Morgan fingerprint density at radius 1 is 1.28 bits per heavy atom. The topological polar surface area (TPSA) is 143 Å². The third kappa shape index (κ3) is 4.59. The molecule has 4 rings (SSSR count). The number of nitrogens with zero attached hydrogens (tertiary/aromatic N) is 3. The number of aromatic amines is 1. The lowest BCUT2D eigenvalue weighted by molar-refractivity contribution is -0.123. The van der Waals surface area contributed by atoms with E-state index < -0.39 is 11.2 Å². The Kier molecular flexibility index (Phi) is 6.40. The Labute approximate surface area is 185 Å². The molecule has 0 aromatic carbocycles. The van der Waals surface area contributed by atoms with Crippen LogP contribution >= 0.6 is 0 Å². The molecule has 4 N–H and O–H groups in total. The first-order valence-electron chi connectivity index (χ1n) is 11.4. The zero-order chi connectivity index (χ0) is 22.8. The van der Waals surface area contributed by atoms with Crippen LogP contribution in [0.5, 0.6) is 0 Å². The van der Waals surface area contributed by atoms with Gasteiger partial charge in [0.25, 0.3) is 11.5 Å². The van der Waals surface area contributed by atoms with Crippen molar-refractivity contribution >= 4 is 22.8 Å². The maximum atomic E-state index is 13.0. The monoisotopic (exact) mass is 442 g/mol. The summed E-state index contributed by atoms with van der Waals surface area (Å²) >= 11 is 0. The van der Waals surface area contributed by atoms with Crippen molar-refractivity contribution < 1.29 is 9.59 Å². The molecule has 10 nitrogen and oxygen atoms in total. The van der Waals surface area contributed by atoms with Crippen LogP contribution in [-0.2, 0) is 11.3 Å². The Bertz CT molecular complexity index is 1150. The van der Waals surface area contributed by atoms with Crippen molar-refractivity contribution in [1.29, 1.82) is 0 Å². The Hall–Kier alpha value is -3.01. The number of rotatable bonds is 8. The van der Waals surface area contributed by atoms with Crippen molar-refractivity contribution in [2.45, 2.75) is 51.5 Å². The second-order valence-electron chi connectivity index (χ2n) is 8.72. The first-order chi connectivity index (χ1) is 15.4. The highest BCUT2D eigenvalue weighted by molar-refractivity contribution is 6.05. The van der Waals surface area contributed by atoms with E-state index >= 15 is 0 Å². The zero-order valence-electron chi connectivity index (χ0n) is 18.4. The minimum atomic E-state index is -0.597. The average Bonchev–Trinajstić information content (AvgIpc) is 3.61. The highest BCUT2D eigenvalue weighted by Crippen LogP contribution is 2.39. The van der Waals surface area contributed by atoms with E-state index in [1.807, 2.05) is 0 Å². The molecule has 32 heavy (non-hydrogen) atoms. The lowest BCUT2D eigenvalue weighted by atomic mass is 9.97. The summed E-state index contributed by atoms with van der Waals surface area (Å²) in [5.41, 5.74) is 5.59. The Morgan fingerprint density at radius 3 is 2.75 bits per heavy atom. The lowest BCUT2D eigenvalue weighted by Gasteiger charge is -2.31. The number of nitrogens with two attached hydrogens (primary N) is 1. The number of aryl methyl sites for hydroxylation is 1.